The van der Waals surface area contributed by atoms with E-state index in [-0.39, 0.29) is 29.2 Å². The summed E-state index contributed by atoms with van der Waals surface area (Å²) < 4.78 is 34.2. The summed E-state index contributed by atoms with van der Waals surface area (Å²) in [7, 11) is -2.58. The zero-order valence-electron chi connectivity index (χ0n) is 15.0. The van der Waals surface area contributed by atoms with Gasteiger partial charge >= 0.3 is 5.97 Å². The van der Waals surface area contributed by atoms with Gasteiger partial charge in [-0.25, -0.2) is 22.9 Å². The molecule has 11 heteroatoms. The molecule has 0 aliphatic rings. The third-order valence-electron chi connectivity index (χ3n) is 3.69. The minimum Gasteiger partial charge on any atom is -0.495 e. The van der Waals surface area contributed by atoms with Crippen molar-refractivity contribution in [1.82, 2.24) is 14.3 Å². The van der Waals surface area contributed by atoms with Crippen molar-refractivity contribution in [3.05, 3.63) is 41.5 Å². The van der Waals surface area contributed by atoms with E-state index >= 15 is 0 Å². The summed E-state index contributed by atoms with van der Waals surface area (Å²) in [4.78, 5) is 23.4. The van der Waals surface area contributed by atoms with Crippen molar-refractivity contribution >= 4 is 22.5 Å². The van der Waals surface area contributed by atoms with Crippen LogP contribution in [-0.4, -0.2) is 54.3 Å². The number of sulfonamides is 1. The maximum atomic E-state index is 12.5. The smallest absolute Gasteiger partial charge is 0.335 e. The number of aryl methyl sites for hydroxylation is 1. The van der Waals surface area contributed by atoms with Gasteiger partial charge < -0.3 is 19.5 Å². The highest BCUT2D eigenvalue weighted by Crippen LogP contribution is 2.24. The summed E-state index contributed by atoms with van der Waals surface area (Å²) in [5, 5.41) is 15.9. The lowest BCUT2D eigenvalue weighted by Crippen LogP contribution is -2.28. The SMILES string of the molecule is COc1ccc(C(=O)O)cc1S(=O)(=O)NCCn1cnc(C)c1C.O=CO. The van der Waals surface area contributed by atoms with E-state index in [4.69, 9.17) is 19.7 Å². The van der Waals surface area contributed by atoms with Crippen LogP contribution in [0, 0.1) is 13.8 Å². The topological polar surface area (TPSA) is 148 Å². The molecule has 0 radical (unpaired) electrons. The Hall–Kier alpha value is -2.92. The third kappa shape index (κ3) is 5.79. The molecule has 0 aliphatic carbocycles. The molecular formula is C16H21N3O7S. The Balaban J connectivity index is 0.00000114. The normalized spacial score (nSPS) is 10.6. The van der Waals surface area contributed by atoms with Crippen LogP contribution in [0.5, 0.6) is 5.75 Å². The van der Waals surface area contributed by atoms with Crippen molar-refractivity contribution in [2.75, 3.05) is 13.7 Å². The second-order valence-electron chi connectivity index (χ2n) is 5.28. The van der Waals surface area contributed by atoms with Gasteiger partial charge in [0.1, 0.15) is 10.6 Å². The number of aromatic nitrogens is 2. The molecule has 0 saturated carbocycles. The molecule has 0 spiro atoms. The number of carbonyl (C=O) groups is 2. The summed E-state index contributed by atoms with van der Waals surface area (Å²) in [5.41, 5.74) is 1.71. The third-order valence-corrected chi connectivity index (χ3v) is 5.17. The van der Waals surface area contributed by atoms with Crippen molar-refractivity contribution in [2.24, 2.45) is 0 Å². The van der Waals surface area contributed by atoms with Crippen molar-refractivity contribution in [3.8, 4) is 5.75 Å². The Labute approximate surface area is 156 Å². The molecule has 0 atom stereocenters. The maximum Gasteiger partial charge on any atom is 0.335 e. The molecule has 0 unspecified atom stereocenters. The molecule has 27 heavy (non-hydrogen) atoms. The quantitative estimate of drug-likeness (QED) is 0.581. The van der Waals surface area contributed by atoms with Gasteiger partial charge in [-0.05, 0) is 32.0 Å². The zero-order valence-corrected chi connectivity index (χ0v) is 15.9. The van der Waals surface area contributed by atoms with Crippen LogP contribution in [0.15, 0.2) is 29.4 Å². The Kier molecular flexibility index (Phi) is 7.94. The van der Waals surface area contributed by atoms with E-state index in [0.29, 0.717) is 6.54 Å². The van der Waals surface area contributed by atoms with Gasteiger partial charge in [0.05, 0.1) is 24.7 Å². The first kappa shape index (κ1) is 22.1. The first-order valence-electron chi connectivity index (χ1n) is 7.65. The van der Waals surface area contributed by atoms with E-state index in [1.165, 1.54) is 19.2 Å². The number of carboxylic acids is 1. The first-order valence-corrected chi connectivity index (χ1v) is 9.13. The Bertz CT molecular complexity index is 907. The second kappa shape index (κ2) is 9.69. The van der Waals surface area contributed by atoms with Crippen LogP contribution < -0.4 is 9.46 Å². The van der Waals surface area contributed by atoms with Gasteiger partial charge in [0, 0.05) is 18.8 Å². The number of methoxy groups -OCH3 is 1. The van der Waals surface area contributed by atoms with E-state index < -0.39 is 16.0 Å². The van der Waals surface area contributed by atoms with E-state index in [0.717, 1.165) is 17.5 Å². The number of hydrogen-bond acceptors (Lipinski definition) is 6. The lowest BCUT2D eigenvalue weighted by molar-refractivity contribution is -0.122. The monoisotopic (exact) mass is 399 g/mol. The molecule has 148 valence electrons. The lowest BCUT2D eigenvalue weighted by Gasteiger charge is -2.12. The standard InChI is InChI=1S/C15H19N3O5S.CH2O2/c1-10-11(2)18(9-16-10)7-6-17-24(21,22)14-8-12(15(19)20)4-5-13(14)23-3;2-1-3/h4-5,8-9,17H,6-7H2,1-3H3,(H,19,20);1H,(H,2,3). The van der Waals surface area contributed by atoms with Gasteiger partial charge in [-0.15, -0.1) is 0 Å². The average molecular weight is 399 g/mol. The molecular weight excluding hydrogens is 378 g/mol. The number of nitrogens with zero attached hydrogens (tertiary/aromatic N) is 2. The largest absolute Gasteiger partial charge is 0.495 e. The highest BCUT2D eigenvalue weighted by atomic mass is 32.2. The van der Waals surface area contributed by atoms with Gasteiger partial charge in [0.25, 0.3) is 6.47 Å². The number of benzene rings is 1. The van der Waals surface area contributed by atoms with Crippen LogP contribution in [0.2, 0.25) is 0 Å². The summed E-state index contributed by atoms with van der Waals surface area (Å²) in [6.45, 7) is 4.07. The van der Waals surface area contributed by atoms with E-state index in [2.05, 4.69) is 9.71 Å². The van der Waals surface area contributed by atoms with E-state index in [1.807, 2.05) is 18.4 Å². The van der Waals surface area contributed by atoms with Crippen LogP contribution in [-0.2, 0) is 21.4 Å². The Morgan fingerprint density at radius 3 is 2.48 bits per heavy atom. The zero-order chi connectivity index (χ0) is 20.6. The number of rotatable bonds is 7. The molecule has 2 aromatic rings. The fourth-order valence-electron chi connectivity index (χ4n) is 2.17. The van der Waals surface area contributed by atoms with Crippen LogP contribution >= 0.6 is 0 Å². The number of imidazole rings is 1. The van der Waals surface area contributed by atoms with Gasteiger partial charge in [-0.1, -0.05) is 0 Å². The number of aromatic carboxylic acids is 1. The average Bonchev–Trinajstić information content (AvgIpc) is 2.93. The fraction of sp³-hybridized carbons (Fsp3) is 0.312. The molecule has 0 bridgehead atoms. The maximum absolute atomic E-state index is 12.5. The second-order valence-corrected chi connectivity index (χ2v) is 7.02. The van der Waals surface area contributed by atoms with Crippen LogP contribution in [0.3, 0.4) is 0 Å². The predicted molar refractivity (Wildman–Crippen MR) is 95.5 cm³/mol. The van der Waals surface area contributed by atoms with Gasteiger partial charge in [0.15, 0.2) is 0 Å². The first-order chi connectivity index (χ1) is 12.7. The molecule has 1 aromatic heterocycles. The van der Waals surface area contributed by atoms with Gasteiger partial charge in [0.2, 0.25) is 10.0 Å². The van der Waals surface area contributed by atoms with Crippen molar-refractivity contribution < 1.29 is 33.0 Å². The fourth-order valence-corrected chi connectivity index (χ4v) is 3.38. The van der Waals surface area contributed by atoms with Gasteiger partial charge in [-0.3, -0.25) is 4.79 Å². The molecule has 0 saturated heterocycles. The van der Waals surface area contributed by atoms with Crippen LogP contribution in [0.25, 0.3) is 0 Å². The molecule has 1 heterocycles. The number of carboxylic acid groups (broad SMARTS) is 2. The van der Waals surface area contributed by atoms with Crippen LogP contribution in [0.1, 0.15) is 21.7 Å². The summed E-state index contributed by atoms with van der Waals surface area (Å²) in [6, 6.07) is 3.69. The molecule has 2 rings (SSSR count). The molecule has 0 amide bonds. The van der Waals surface area contributed by atoms with Crippen molar-refractivity contribution in [1.29, 1.82) is 0 Å². The highest BCUT2D eigenvalue weighted by Gasteiger charge is 2.21. The number of hydrogen-bond donors (Lipinski definition) is 3. The molecule has 10 nitrogen and oxygen atoms in total. The number of ether oxygens (including phenoxy) is 1. The Morgan fingerprint density at radius 2 is 2.00 bits per heavy atom. The Morgan fingerprint density at radius 1 is 1.37 bits per heavy atom. The summed E-state index contributed by atoms with van der Waals surface area (Å²) in [6.07, 6.45) is 1.64. The minimum atomic E-state index is -3.91. The minimum absolute atomic E-state index is 0.0853. The predicted octanol–water partition coefficient (Wildman–Crippen LogP) is 0.886. The van der Waals surface area contributed by atoms with Crippen molar-refractivity contribution in [2.45, 2.75) is 25.3 Å². The summed E-state index contributed by atoms with van der Waals surface area (Å²) in [5.74, 6) is -1.12. The highest BCUT2D eigenvalue weighted by molar-refractivity contribution is 7.89. The van der Waals surface area contributed by atoms with Gasteiger partial charge in [-0.2, -0.15) is 0 Å². The number of nitrogens with one attached hydrogen (secondary N) is 1. The molecule has 3 N–H and O–H groups in total. The molecule has 0 fully saturated rings. The van der Waals surface area contributed by atoms with Crippen molar-refractivity contribution in [3.63, 3.8) is 0 Å². The lowest BCUT2D eigenvalue weighted by atomic mass is 10.2. The molecule has 1 aromatic carbocycles. The van der Waals surface area contributed by atoms with E-state index in [9.17, 15) is 13.2 Å². The summed E-state index contributed by atoms with van der Waals surface area (Å²) >= 11 is 0. The van der Waals surface area contributed by atoms with E-state index in [1.54, 1.807) is 6.33 Å². The molecule has 0 aliphatic heterocycles. The van der Waals surface area contributed by atoms with Crippen LogP contribution in [0.4, 0.5) is 0 Å².